The molecule has 1 aliphatic carbocycles. The fourth-order valence-corrected chi connectivity index (χ4v) is 9.61. The molecular formula is C63H65N3O. The highest BCUT2D eigenvalue weighted by atomic mass is 16.5. The minimum Gasteiger partial charge on any atom is -0.457 e. The van der Waals surface area contributed by atoms with Gasteiger partial charge in [-0.3, -0.25) is 9.97 Å². The molecule has 0 saturated heterocycles. The van der Waals surface area contributed by atoms with Crippen LogP contribution in [0.1, 0.15) is 128 Å². The van der Waals surface area contributed by atoms with Crippen LogP contribution in [0, 0.1) is 0 Å². The summed E-state index contributed by atoms with van der Waals surface area (Å²) in [5, 5.41) is 0. The SMILES string of the molecule is CC(C)(C)c1ccc(N(c2ccc(C(C)(C)C)cc2)c2ccnc(-c3cccc(Oc4cccc(C5(c6ccccn6)c6cc(C(C)(C)C)ccc6-c6ccc(C(C)(C)C)cc65)c4)c3)c2)cc1. The third kappa shape index (κ3) is 8.71. The van der Waals surface area contributed by atoms with Crippen LogP contribution in [0.5, 0.6) is 11.5 Å². The van der Waals surface area contributed by atoms with Crippen molar-refractivity contribution in [3.8, 4) is 33.9 Å². The molecule has 67 heavy (non-hydrogen) atoms. The van der Waals surface area contributed by atoms with Gasteiger partial charge in [0.25, 0.3) is 0 Å². The Balaban J connectivity index is 1.12. The number of rotatable bonds is 8. The first-order valence-corrected chi connectivity index (χ1v) is 23.8. The highest BCUT2D eigenvalue weighted by Crippen LogP contribution is 2.57. The minimum absolute atomic E-state index is 0.0474. The zero-order chi connectivity index (χ0) is 47.5. The number of ether oxygens (including phenoxy) is 1. The molecule has 0 bridgehead atoms. The fraction of sp³-hybridized carbons (Fsp3) is 0.270. The van der Waals surface area contributed by atoms with Crippen LogP contribution in [0.4, 0.5) is 17.1 Å². The smallest absolute Gasteiger partial charge is 0.128 e. The third-order valence-electron chi connectivity index (χ3n) is 13.5. The average molecular weight is 880 g/mol. The van der Waals surface area contributed by atoms with Crippen LogP contribution in [0.3, 0.4) is 0 Å². The summed E-state index contributed by atoms with van der Waals surface area (Å²) < 4.78 is 6.89. The number of aromatic nitrogens is 2. The summed E-state index contributed by atoms with van der Waals surface area (Å²) in [6.45, 7) is 27.3. The molecular weight excluding hydrogens is 815 g/mol. The second-order valence-electron chi connectivity index (χ2n) is 22.5. The molecule has 0 unspecified atom stereocenters. The summed E-state index contributed by atoms with van der Waals surface area (Å²) >= 11 is 0. The molecule has 0 saturated carbocycles. The van der Waals surface area contributed by atoms with Crippen molar-refractivity contribution < 1.29 is 4.74 Å². The highest BCUT2D eigenvalue weighted by Gasteiger charge is 2.48. The van der Waals surface area contributed by atoms with E-state index in [-0.39, 0.29) is 21.7 Å². The summed E-state index contributed by atoms with van der Waals surface area (Å²) in [5.41, 5.74) is 16.6. The lowest BCUT2D eigenvalue weighted by molar-refractivity contribution is 0.481. The fourth-order valence-electron chi connectivity index (χ4n) is 9.61. The monoisotopic (exact) mass is 880 g/mol. The van der Waals surface area contributed by atoms with Crippen molar-refractivity contribution in [1.82, 2.24) is 9.97 Å². The lowest BCUT2D eigenvalue weighted by Gasteiger charge is -2.34. The largest absolute Gasteiger partial charge is 0.457 e. The van der Waals surface area contributed by atoms with Gasteiger partial charge in [-0.15, -0.1) is 0 Å². The molecule has 4 nitrogen and oxygen atoms in total. The van der Waals surface area contributed by atoms with Crippen LogP contribution < -0.4 is 9.64 Å². The van der Waals surface area contributed by atoms with Crippen molar-refractivity contribution in [3.63, 3.8) is 0 Å². The molecule has 0 aliphatic heterocycles. The van der Waals surface area contributed by atoms with Gasteiger partial charge in [-0.25, -0.2) is 0 Å². The predicted molar refractivity (Wildman–Crippen MR) is 281 cm³/mol. The van der Waals surface area contributed by atoms with Crippen LogP contribution in [0.25, 0.3) is 22.4 Å². The highest BCUT2D eigenvalue weighted by molar-refractivity contribution is 5.87. The van der Waals surface area contributed by atoms with Gasteiger partial charge in [-0.2, -0.15) is 0 Å². The lowest BCUT2D eigenvalue weighted by atomic mass is 9.68. The first-order chi connectivity index (χ1) is 31.7. The van der Waals surface area contributed by atoms with Gasteiger partial charge in [-0.05, 0) is 145 Å². The van der Waals surface area contributed by atoms with Crippen molar-refractivity contribution in [2.24, 2.45) is 0 Å². The van der Waals surface area contributed by atoms with E-state index >= 15 is 0 Å². The molecule has 0 amide bonds. The summed E-state index contributed by atoms with van der Waals surface area (Å²) in [6, 6.07) is 59.6. The summed E-state index contributed by atoms with van der Waals surface area (Å²) in [4.78, 5) is 12.4. The Morgan fingerprint density at radius 3 is 1.42 bits per heavy atom. The van der Waals surface area contributed by atoms with Gasteiger partial charge in [0.15, 0.2) is 0 Å². The number of hydrogen-bond acceptors (Lipinski definition) is 4. The lowest BCUT2D eigenvalue weighted by Crippen LogP contribution is -2.30. The standard InChI is InChI=1S/C63H65N3O/c1-59(2,3)43-22-28-48(29-23-43)66(49-30-24-44(25-31-49)60(4,5)6)50-34-36-64-57(41-50)42-17-15-19-51(37-42)67-52-20-16-18-47(38-52)63(58-21-13-14-35-65-58)55-39-45(61(7,8)9)26-32-53(55)54-33-27-46(40-56(54)63)62(10,11)12/h13-41H,1-12H3. The maximum atomic E-state index is 6.89. The van der Waals surface area contributed by atoms with Crippen LogP contribution in [0.2, 0.25) is 0 Å². The molecule has 0 N–H and O–H groups in total. The topological polar surface area (TPSA) is 38.2 Å². The minimum atomic E-state index is -0.688. The molecule has 1 aliphatic rings. The number of anilines is 3. The Morgan fingerprint density at radius 2 is 0.910 bits per heavy atom. The Hall–Kier alpha value is -6.78. The van der Waals surface area contributed by atoms with Crippen molar-refractivity contribution in [2.75, 3.05) is 4.90 Å². The van der Waals surface area contributed by atoms with Gasteiger partial charge >= 0.3 is 0 Å². The van der Waals surface area contributed by atoms with Gasteiger partial charge < -0.3 is 9.64 Å². The van der Waals surface area contributed by atoms with Crippen LogP contribution >= 0.6 is 0 Å². The third-order valence-corrected chi connectivity index (χ3v) is 13.5. The quantitative estimate of drug-likeness (QED) is 0.152. The van der Waals surface area contributed by atoms with Crippen molar-refractivity contribution in [3.05, 3.63) is 221 Å². The van der Waals surface area contributed by atoms with E-state index in [1.165, 1.54) is 44.5 Å². The number of pyridine rings is 2. The molecule has 4 heteroatoms. The zero-order valence-corrected chi connectivity index (χ0v) is 41.5. The van der Waals surface area contributed by atoms with Gasteiger partial charge in [0.2, 0.25) is 0 Å². The van der Waals surface area contributed by atoms with Crippen molar-refractivity contribution in [2.45, 2.75) is 110 Å². The molecule has 0 atom stereocenters. The van der Waals surface area contributed by atoms with Crippen LogP contribution in [-0.2, 0) is 27.1 Å². The Kier molecular flexibility index (Phi) is 11.4. The van der Waals surface area contributed by atoms with Crippen LogP contribution in [0.15, 0.2) is 176 Å². The average Bonchev–Trinajstić information content (AvgIpc) is 3.59. The summed E-state index contributed by atoms with van der Waals surface area (Å²) in [5.74, 6) is 1.49. The molecule has 2 heterocycles. The van der Waals surface area contributed by atoms with Crippen molar-refractivity contribution in [1.29, 1.82) is 0 Å². The molecule has 0 radical (unpaired) electrons. The predicted octanol–water partition coefficient (Wildman–Crippen LogP) is 17.0. The van der Waals surface area contributed by atoms with Gasteiger partial charge in [0.1, 0.15) is 11.5 Å². The number of benzene rings is 6. The normalized spacial score (nSPS) is 13.5. The van der Waals surface area contributed by atoms with E-state index < -0.39 is 5.41 Å². The van der Waals surface area contributed by atoms with Gasteiger partial charge in [0.05, 0.1) is 16.8 Å². The molecule has 2 aromatic heterocycles. The molecule has 8 aromatic rings. The Morgan fingerprint density at radius 1 is 0.403 bits per heavy atom. The molecule has 6 aromatic carbocycles. The maximum absolute atomic E-state index is 6.89. The second-order valence-corrected chi connectivity index (χ2v) is 22.5. The number of fused-ring (bicyclic) bond motifs is 3. The Bertz CT molecular complexity index is 2940. The van der Waals surface area contributed by atoms with Gasteiger partial charge in [0, 0.05) is 35.0 Å². The van der Waals surface area contributed by atoms with E-state index in [0.717, 1.165) is 51.1 Å². The first-order valence-electron chi connectivity index (χ1n) is 23.8. The second kappa shape index (κ2) is 16.8. The van der Waals surface area contributed by atoms with Gasteiger partial charge in [-0.1, -0.05) is 174 Å². The molecule has 9 rings (SSSR count). The molecule has 338 valence electrons. The first kappa shape index (κ1) is 45.4. The molecule has 0 spiro atoms. The molecule has 0 fully saturated rings. The summed E-state index contributed by atoms with van der Waals surface area (Å²) in [6.07, 6.45) is 3.83. The summed E-state index contributed by atoms with van der Waals surface area (Å²) in [7, 11) is 0. The van der Waals surface area contributed by atoms with E-state index in [1.54, 1.807) is 0 Å². The zero-order valence-electron chi connectivity index (χ0n) is 41.5. The van der Waals surface area contributed by atoms with E-state index in [1.807, 2.05) is 24.5 Å². The number of hydrogen-bond donors (Lipinski definition) is 0. The Labute approximate surface area is 399 Å². The van der Waals surface area contributed by atoms with E-state index in [0.29, 0.717) is 0 Å². The van der Waals surface area contributed by atoms with E-state index in [9.17, 15) is 0 Å². The van der Waals surface area contributed by atoms with E-state index in [2.05, 4.69) is 240 Å². The van der Waals surface area contributed by atoms with Crippen LogP contribution in [-0.4, -0.2) is 9.97 Å². The van der Waals surface area contributed by atoms with Crippen molar-refractivity contribution >= 4 is 17.1 Å². The maximum Gasteiger partial charge on any atom is 0.128 e. The number of nitrogens with zero attached hydrogens (tertiary/aromatic N) is 3. The van der Waals surface area contributed by atoms with E-state index in [4.69, 9.17) is 14.7 Å².